The molecule has 6 nitrogen and oxygen atoms in total. The van der Waals surface area contributed by atoms with Crippen molar-refractivity contribution in [3.05, 3.63) is 12.2 Å². The van der Waals surface area contributed by atoms with Crippen molar-refractivity contribution in [2.45, 2.75) is 81.1 Å². The van der Waals surface area contributed by atoms with E-state index in [-0.39, 0.29) is 30.6 Å². The summed E-state index contributed by atoms with van der Waals surface area (Å²) in [5.41, 5.74) is -0.466. The van der Waals surface area contributed by atoms with E-state index in [1.165, 1.54) is 0 Å². The summed E-state index contributed by atoms with van der Waals surface area (Å²) in [6, 6.07) is 0. The third-order valence-electron chi connectivity index (χ3n) is 4.50. The van der Waals surface area contributed by atoms with Crippen molar-refractivity contribution in [1.82, 2.24) is 0 Å². The van der Waals surface area contributed by atoms with Crippen molar-refractivity contribution >= 4 is 17.9 Å². The monoisotopic (exact) mass is 400 g/mol. The first-order valence-corrected chi connectivity index (χ1v) is 10.0. The number of carbonyl (C=O) groups excluding carboxylic acids is 3. The van der Waals surface area contributed by atoms with Crippen LogP contribution in [0, 0.1) is 10.8 Å². The van der Waals surface area contributed by atoms with Gasteiger partial charge < -0.3 is 14.2 Å². The van der Waals surface area contributed by atoms with Crippen LogP contribution in [-0.2, 0) is 28.6 Å². The zero-order valence-electron chi connectivity index (χ0n) is 19.1. The molecule has 0 aromatic carbocycles. The van der Waals surface area contributed by atoms with Gasteiger partial charge in [-0.15, -0.1) is 0 Å². The Hall–Kier alpha value is -1.85. The number of rotatable bonds is 11. The van der Waals surface area contributed by atoms with E-state index >= 15 is 0 Å². The zero-order valence-corrected chi connectivity index (χ0v) is 19.1. The topological polar surface area (TPSA) is 78.9 Å². The molecular formula is C22H40O6. The molecule has 0 aromatic heterocycles. The van der Waals surface area contributed by atoms with Gasteiger partial charge in [0.2, 0.25) is 0 Å². The minimum atomic E-state index is -0.488. The van der Waals surface area contributed by atoms with E-state index in [0.717, 1.165) is 19.3 Å². The quantitative estimate of drug-likeness (QED) is 0.213. The zero-order chi connectivity index (χ0) is 22.4. The molecule has 0 saturated heterocycles. The lowest BCUT2D eigenvalue weighted by atomic mass is 9.91. The first-order chi connectivity index (χ1) is 12.9. The lowest BCUT2D eigenvalue weighted by Gasteiger charge is -2.20. The van der Waals surface area contributed by atoms with Crippen LogP contribution >= 0.6 is 0 Å². The molecule has 0 aliphatic carbocycles. The van der Waals surface area contributed by atoms with Gasteiger partial charge in [-0.2, -0.15) is 0 Å². The molecule has 0 bridgehead atoms. The van der Waals surface area contributed by atoms with Gasteiger partial charge in [0, 0.05) is 5.57 Å². The van der Waals surface area contributed by atoms with E-state index < -0.39 is 11.4 Å². The van der Waals surface area contributed by atoms with Gasteiger partial charge in [0.25, 0.3) is 0 Å². The van der Waals surface area contributed by atoms with Crippen LogP contribution in [0.25, 0.3) is 0 Å². The maximum atomic E-state index is 11.5. The van der Waals surface area contributed by atoms with Crippen molar-refractivity contribution in [1.29, 1.82) is 0 Å². The summed E-state index contributed by atoms with van der Waals surface area (Å²) in [4.78, 5) is 33.8. The van der Waals surface area contributed by atoms with Crippen LogP contribution in [0.2, 0.25) is 0 Å². The molecule has 0 spiro atoms. The highest BCUT2D eigenvalue weighted by Crippen LogP contribution is 2.22. The van der Waals surface area contributed by atoms with E-state index in [1.807, 2.05) is 41.5 Å². The second-order valence-electron chi connectivity index (χ2n) is 8.02. The molecule has 0 aromatic rings. The van der Waals surface area contributed by atoms with Crippen molar-refractivity contribution < 1.29 is 28.6 Å². The van der Waals surface area contributed by atoms with Gasteiger partial charge in [0.1, 0.15) is 13.2 Å². The highest BCUT2D eigenvalue weighted by atomic mass is 16.6. The predicted molar refractivity (Wildman–Crippen MR) is 111 cm³/mol. The fraction of sp³-hybridized carbons (Fsp3) is 0.773. The third-order valence-corrected chi connectivity index (χ3v) is 4.50. The Balaban J connectivity index is 0. The minimum absolute atomic E-state index is 0.0667. The normalized spacial score (nSPS) is 11.0. The largest absolute Gasteiger partial charge is 0.465 e. The summed E-state index contributed by atoms with van der Waals surface area (Å²) in [6.07, 6.45) is 3.57. The van der Waals surface area contributed by atoms with Crippen LogP contribution in [-0.4, -0.2) is 37.7 Å². The number of carbonyl (C=O) groups is 3. The van der Waals surface area contributed by atoms with Gasteiger partial charge in [-0.1, -0.05) is 33.8 Å². The second-order valence-corrected chi connectivity index (χ2v) is 8.02. The van der Waals surface area contributed by atoms with E-state index in [4.69, 9.17) is 14.2 Å². The smallest absolute Gasteiger partial charge is 0.333 e. The lowest BCUT2D eigenvalue weighted by molar-refractivity contribution is -0.158. The number of unbranched alkanes of at least 4 members (excludes halogenated alkanes) is 1. The van der Waals surface area contributed by atoms with Gasteiger partial charge in [0.05, 0.1) is 17.4 Å². The molecule has 0 amide bonds. The fourth-order valence-electron chi connectivity index (χ4n) is 1.38. The van der Waals surface area contributed by atoms with E-state index in [9.17, 15) is 14.4 Å². The molecule has 0 radical (unpaired) electrons. The molecular weight excluding hydrogens is 360 g/mol. The molecule has 164 valence electrons. The summed E-state index contributed by atoms with van der Waals surface area (Å²) in [6.45, 7) is 19.2. The summed E-state index contributed by atoms with van der Waals surface area (Å²) >= 11 is 0. The molecule has 0 atom stereocenters. The summed E-state index contributed by atoms with van der Waals surface area (Å²) in [7, 11) is 0. The molecule has 0 N–H and O–H groups in total. The van der Waals surface area contributed by atoms with Crippen molar-refractivity contribution in [2.24, 2.45) is 10.8 Å². The summed E-state index contributed by atoms with van der Waals surface area (Å²) in [5.74, 6) is -0.814. The standard InChI is InChI=1S/C12H20O4.C10H20O2/c1-6-12(4,5)11(14)16-8-7-15-10(13)9(2)3;1-5-7-8-12-9(11)10(3,4)6-2/h2,6-8H2,1,3-5H3;5-8H2,1-4H3. The number of ether oxygens (including phenoxy) is 3. The Morgan fingerprint density at radius 1 is 0.750 bits per heavy atom. The fourth-order valence-corrected chi connectivity index (χ4v) is 1.38. The van der Waals surface area contributed by atoms with Gasteiger partial charge in [0.15, 0.2) is 0 Å². The Bertz CT molecular complexity index is 505. The van der Waals surface area contributed by atoms with Crippen molar-refractivity contribution in [3.8, 4) is 0 Å². The molecule has 28 heavy (non-hydrogen) atoms. The van der Waals surface area contributed by atoms with E-state index in [1.54, 1.807) is 6.92 Å². The SMILES string of the molecule is C=C(C)C(=O)OCCOC(=O)C(C)(C)CC.CCCCOC(=O)C(C)(C)CC. The molecule has 0 fully saturated rings. The Kier molecular flexibility index (Phi) is 14.4. The molecule has 0 aliphatic rings. The second kappa shape index (κ2) is 14.2. The van der Waals surface area contributed by atoms with Crippen LogP contribution in [0.4, 0.5) is 0 Å². The van der Waals surface area contributed by atoms with Crippen LogP contribution in [0.1, 0.15) is 81.1 Å². The molecule has 0 aliphatic heterocycles. The number of esters is 3. The molecule has 6 heteroatoms. The first-order valence-electron chi connectivity index (χ1n) is 10.0. The lowest BCUT2D eigenvalue weighted by Crippen LogP contribution is -2.27. The van der Waals surface area contributed by atoms with Gasteiger partial charge in [-0.05, 0) is 53.9 Å². The maximum absolute atomic E-state index is 11.5. The molecule has 0 heterocycles. The third kappa shape index (κ3) is 12.5. The van der Waals surface area contributed by atoms with Crippen LogP contribution in [0.15, 0.2) is 12.2 Å². The Morgan fingerprint density at radius 3 is 1.50 bits per heavy atom. The average Bonchev–Trinajstić information content (AvgIpc) is 2.65. The van der Waals surface area contributed by atoms with E-state index in [0.29, 0.717) is 18.6 Å². The van der Waals surface area contributed by atoms with Gasteiger partial charge >= 0.3 is 17.9 Å². The highest BCUT2D eigenvalue weighted by molar-refractivity contribution is 5.86. The predicted octanol–water partition coefficient (Wildman–Crippen LogP) is 4.85. The van der Waals surface area contributed by atoms with Crippen LogP contribution in [0.3, 0.4) is 0 Å². The van der Waals surface area contributed by atoms with Crippen molar-refractivity contribution in [2.75, 3.05) is 19.8 Å². The van der Waals surface area contributed by atoms with E-state index in [2.05, 4.69) is 13.5 Å². The van der Waals surface area contributed by atoms with Crippen LogP contribution < -0.4 is 0 Å². The molecule has 0 rings (SSSR count). The van der Waals surface area contributed by atoms with Crippen molar-refractivity contribution in [3.63, 3.8) is 0 Å². The molecule has 0 unspecified atom stereocenters. The Morgan fingerprint density at radius 2 is 1.14 bits per heavy atom. The Labute approximate surface area is 171 Å². The maximum Gasteiger partial charge on any atom is 0.333 e. The number of hydrogen-bond acceptors (Lipinski definition) is 6. The summed E-state index contributed by atoms with van der Waals surface area (Å²) < 4.78 is 14.9. The highest BCUT2D eigenvalue weighted by Gasteiger charge is 2.27. The number of hydrogen-bond donors (Lipinski definition) is 0. The average molecular weight is 401 g/mol. The van der Waals surface area contributed by atoms with Gasteiger partial charge in [-0.3, -0.25) is 9.59 Å². The van der Waals surface area contributed by atoms with Crippen LogP contribution in [0.5, 0.6) is 0 Å². The minimum Gasteiger partial charge on any atom is -0.465 e. The van der Waals surface area contributed by atoms with Gasteiger partial charge in [-0.25, -0.2) is 4.79 Å². The molecule has 0 saturated carbocycles. The first kappa shape index (κ1) is 28.4. The summed E-state index contributed by atoms with van der Waals surface area (Å²) in [5, 5.41) is 0.